The molecule has 282 valence electrons. The van der Waals surface area contributed by atoms with Gasteiger partial charge in [0, 0.05) is 48.8 Å². The van der Waals surface area contributed by atoms with Gasteiger partial charge in [0.1, 0.15) is 5.75 Å². The van der Waals surface area contributed by atoms with Crippen molar-refractivity contribution in [2.45, 2.75) is 83.2 Å². The van der Waals surface area contributed by atoms with E-state index >= 15 is 0 Å². The molecule has 0 radical (unpaired) electrons. The summed E-state index contributed by atoms with van der Waals surface area (Å²) in [5.41, 5.74) is 7.48. The molecule has 0 unspecified atom stereocenters. The minimum absolute atomic E-state index is 0.120. The van der Waals surface area contributed by atoms with Crippen LogP contribution in [0.3, 0.4) is 0 Å². The van der Waals surface area contributed by atoms with Crippen molar-refractivity contribution in [3.05, 3.63) is 70.5 Å². The van der Waals surface area contributed by atoms with Crippen LogP contribution < -0.4 is 9.46 Å². The predicted molar refractivity (Wildman–Crippen MR) is 205 cm³/mol. The minimum Gasteiger partial charge on any atom is -0.497 e. The first kappa shape index (κ1) is 36.9. The molecule has 0 bridgehead atoms. The molecular formula is C40H49N5O7S. The van der Waals surface area contributed by atoms with Crippen LogP contribution in [0.5, 0.6) is 5.75 Å². The molecule has 12 nitrogen and oxygen atoms in total. The third kappa shape index (κ3) is 7.02. The summed E-state index contributed by atoms with van der Waals surface area (Å²) in [4.78, 5) is 29.7. The number of hydrogen-bond acceptors (Lipinski definition) is 8. The van der Waals surface area contributed by atoms with Crippen molar-refractivity contribution in [1.82, 2.24) is 24.0 Å². The Morgan fingerprint density at radius 2 is 1.85 bits per heavy atom. The van der Waals surface area contributed by atoms with Crippen LogP contribution in [0, 0.1) is 0 Å². The molecular weight excluding hydrogens is 695 g/mol. The quantitative estimate of drug-likeness (QED) is 0.206. The molecule has 2 aromatic carbocycles. The maximum atomic E-state index is 14.4. The van der Waals surface area contributed by atoms with Gasteiger partial charge in [0.2, 0.25) is 10.0 Å². The first-order valence-electron chi connectivity index (χ1n) is 18.6. The average molecular weight is 744 g/mol. The maximum absolute atomic E-state index is 14.4. The molecule has 2 fully saturated rings. The Balaban J connectivity index is 1.43. The van der Waals surface area contributed by atoms with E-state index in [1.165, 1.54) is 12.0 Å². The summed E-state index contributed by atoms with van der Waals surface area (Å²) in [5, 5.41) is 4.99. The number of benzene rings is 2. The first-order chi connectivity index (χ1) is 25.5. The molecule has 2 amide bonds. The van der Waals surface area contributed by atoms with E-state index in [2.05, 4.69) is 21.4 Å². The maximum Gasteiger partial charge on any atom is 0.264 e. The Morgan fingerprint density at radius 1 is 1.06 bits per heavy atom. The van der Waals surface area contributed by atoms with Gasteiger partial charge in [-0.25, -0.2) is 13.1 Å². The lowest BCUT2D eigenvalue weighted by molar-refractivity contribution is -0.0531. The van der Waals surface area contributed by atoms with Crippen LogP contribution in [-0.4, -0.2) is 91.4 Å². The van der Waals surface area contributed by atoms with Crippen molar-refractivity contribution >= 4 is 44.4 Å². The fourth-order valence-corrected chi connectivity index (χ4v) is 8.73. The first-order valence-corrected chi connectivity index (χ1v) is 20.2. The molecule has 1 N–H and O–H groups in total. The number of amides is 2. The number of carbonyl (C=O) groups is 2. The molecule has 3 aliphatic rings. The molecule has 1 aliphatic carbocycles. The zero-order valence-electron chi connectivity index (χ0n) is 31.2. The number of hydrogen-bond donors (Lipinski definition) is 1. The molecule has 4 aromatic rings. The van der Waals surface area contributed by atoms with Crippen LogP contribution >= 0.6 is 0 Å². The van der Waals surface area contributed by atoms with Crippen LogP contribution in [0.15, 0.2) is 42.6 Å². The smallest absolute Gasteiger partial charge is 0.264 e. The van der Waals surface area contributed by atoms with E-state index in [4.69, 9.17) is 19.3 Å². The Labute approximate surface area is 311 Å². The lowest BCUT2D eigenvalue weighted by Crippen LogP contribution is -2.47. The van der Waals surface area contributed by atoms with Gasteiger partial charge in [-0.15, -0.1) is 0 Å². The summed E-state index contributed by atoms with van der Waals surface area (Å²) in [7, 11) is -0.563. The monoisotopic (exact) mass is 743 g/mol. The number of sulfonamides is 1. The summed E-state index contributed by atoms with van der Waals surface area (Å²) in [6.07, 6.45) is 9.17. The summed E-state index contributed by atoms with van der Waals surface area (Å²) >= 11 is 0. The van der Waals surface area contributed by atoms with Crippen LogP contribution in [0.1, 0.15) is 96.3 Å². The van der Waals surface area contributed by atoms with Crippen LogP contribution in [0.4, 0.5) is 0 Å². The topological polar surface area (TPSA) is 134 Å². The van der Waals surface area contributed by atoms with Gasteiger partial charge in [0.25, 0.3) is 11.8 Å². The standard InChI is InChI=1S/C40H49N5O7S/c1-6-45-37(34(21-41-45)40(47)43-16-17-52-31(23-43)24-50-4)29-18-28-19-30(51-5)13-15-32(28)38-36(26-10-8-7-9-11-26)33-14-12-27(20-35(33)44(38)22-29)39(46)42-53(48,49)25(2)3/h12-15,18-21,25-26,31H,6-11,16-17,22-24H2,1-5H3,(H,42,46)/t31-/m1/s1. The molecule has 2 aromatic heterocycles. The fourth-order valence-electron chi connectivity index (χ4n) is 8.11. The number of nitrogens with zero attached hydrogens (tertiary/aromatic N) is 4. The third-order valence-electron chi connectivity index (χ3n) is 10.9. The fraction of sp³-hybridized carbons (Fsp3) is 0.475. The molecule has 2 aliphatic heterocycles. The summed E-state index contributed by atoms with van der Waals surface area (Å²) in [6, 6.07) is 11.6. The van der Waals surface area contributed by atoms with E-state index in [1.54, 1.807) is 40.3 Å². The Bertz CT molecular complexity index is 2180. The van der Waals surface area contributed by atoms with Crippen LogP contribution in [-0.2, 0) is 32.6 Å². The van der Waals surface area contributed by atoms with E-state index in [-0.39, 0.29) is 17.6 Å². The third-order valence-corrected chi connectivity index (χ3v) is 12.6. The highest BCUT2D eigenvalue weighted by Crippen LogP contribution is 2.48. The number of ether oxygens (including phenoxy) is 3. The van der Waals surface area contributed by atoms with Crippen LogP contribution in [0.2, 0.25) is 0 Å². The zero-order valence-corrected chi connectivity index (χ0v) is 32.0. The predicted octanol–water partition coefficient (Wildman–Crippen LogP) is 6.09. The molecule has 53 heavy (non-hydrogen) atoms. The molecule has 1 saturated carbocycles. The number of aryl methyl sites for hydroxylation is 1. The molecule has 1 atom stereocenters. The molecule has 0 spiro atoms. The van der Waals surface area contributed by atoms with Gasteiger partial charge in [0.05, 0.1) is 61.4 Å². The van der Waals surface area contributed by atoms with Crippen molar-refractivity contribution in [3.8, 4) is 17.0 Å². The lowest BCUT2D eigenvalue weighted by atomic mass is 9.81. The van der Waals surface area contributed by atoms with Crippen molar-refractivity contribution in [3.63, 3.8) is 0 Å². The van der Waals surface area contributed by atoms with Gasteiger partial charge in [-0.1, -0.05) is 25.3 Å². The van der Waals surface area contributed by atoms with Crippen molar-refractivity contribution < 1.29 is 32.2 Å². The second kappa shape index (κ2) is 15.1. The SMILES string of the molecule is CCn1ncc(C(=O)N2CCO[C@@H](COC)C2)c1C1=Cc2cc(OC)ccc2-c2c(C3CCCCC3)c3ccc(C(=O)NS(=O)(=O)C(C)C)cc3n2C1. The molecule has 4 heterocycles. The number of methoxy groups -OCH3 is 2. The Hall–Kier alpha value is -4.46. The highest BCUT2D eigenvalue weighted by Gasteiger charge is 2.33. The molecule has 13 heteroatoms. The minimum atomic E-state index is -3.84. The average Bonchev–Trinajstić information content (AvgIpc) is 3.68. The van der Waals surface area contributed by atoms with Gasteiger partial charge in [-0.2, -0.15) is 5.10 Å². The van der Waals surface area contributed by atoms with E-state index < -0.39 is 21.2 Å². The summed E-state index contributed by atoms with van der Waals surface area (Å²) < 4.78 is 48.8. The van der Waals surface area contributed by atoms with Gasteiger partial charge in [-0.05, 0) is 92.6 Å². The summed E-state index contributed by atoms with van der Waals surface area (Å²) in [6.45, 7) is 7.71. The Morgan fingerprint density at radius 3 is 2.57 bits per heavy atom. The zero-order chi connectivity index (χ0) is 37.4. The van der Waals surface area contributed by atoms with Crippen molar-refractivity contribution in [1.29, 1.82) is 0 Å². The second-order valence-corrected chi connectivity index (χ2v) is 16.7. The highest BCUT2D eigenvalue weighted by molar-refractivity contribution is 7.90. The largest absolute Gasteiger partial charge is 0.497 e. The normalized spacial score (nSPS) is 18.0. The second-order valence-electron chi connectivity index (χ2n) is 14.5. The number of aromatic nitrogens is 3. The number of morpholine rings is 1. The van der Waals surface area contributed by atoms with E-state index in [1.807, 2.05) is 40.8 Å². The Kier molecular flexibility index (Phi) is 10.5. The van der Waals surface area contributed by atoms with E-state index in [0.29, 0.717) is 56.6 Å². The van der Waals surface area contributed by atoms with Crippen molar-refractivity contribution in [2.24, 2.45) is 0 Å². The number of nitrogens with one attached hydrogen (secondary N) is 1. The van der Waals surface area contributed by atoms with Gasteiger partial charge in [-0.3, -0.25) is 14.3 Å². The van der Waals surface area contributed by atoms with E-state index in [0.717, 1.165) is 64.7 Å². The van der Waals surface area contributed by atoms with Gasteiger partial charge < -0.3 is 23.7 Å². The van der Waals surface area contributed by atoms with E-state index in [9.17, 15) is 18.0 Å². The highest BCUT2D eigenvalue weighted by atomic mass is 32.2. The molecule has 1 saturated heterocycles. The number of allylic oxidation sites excluding steroid dienone is 1. The number of fused-ring (bicyclic) bond motifs is 5. The summed E-state index contributed by atoms with van der Waals surface area (Å²) in [5.74, 6) is 0.232. The van der Waals surface area contributed by atoms with Gasteiger partial charge in [0.15, 0.2) is 0 Å². The number of carbonyl (C=O) groups excluding carboxylic acids is 2. The number of rotatable bonds is 10. The molecule has 7 rings (SSSR count). The van der Waals surface area contributed by atoms with Crippen LogP contribution in [0.25, 0.3) is 33.8 Å². The lowest BCUT2D eigenvalue weighted by Gasteiger charge is -2.32. The van der Waals surface area contributed by atoms with Gasteiger partial charge >= 0.3 is 0 Å². The van der Waals surface area contributed by atoms with Crippen molar-refractivity contribution in [2.75, 3.05) is 40.5 Å².